The van der Waals surface area contributed by atoms with Crippen molar-refractivity contribution in [2.45, 2.75) is 73.8 Å². The van der Waals surface area contributed by atoms with Gasteiger partial charge in [0.25, 0.3) is 0 Å². The number of carbonyl (C=O) groups excluding carboxylic acids is 1. The molecule has 0 aliphatic carbocycles. The van der Waals surface area contributed by atoms with E-state index < -0.39 is 0 Å². The maximum absolute atomic E-state index is 11.3. The zero-order valence-corrected chi connectivity index (χ0v) is 11.8. The van der Waals surface area contributed by atoms with Crippen LogP contribution in [0.15, 0.2) is 0 Å². The van der Waals surface area contributed by atoms with Gasteiger partial charge in [-0.3, -0.25) is 4.79 Å². The third-order valence-electron chi connectivity index (χ3n) is 2.48. The lowest BCUT2D eigenvalue weighted by Gasteiger charge is -2.23. The fraction of sp³-hybridized carbons (Fsp3) is 0.929. The van der Waals surface area contributed by atoms with Crippen LogP contribution in [0.4, 0.5) is 0 Å². The predicted octanol–water partition coefficient (Wildman–Crippen LogP) is 3.42. The van der Waals surface area contributed by atoms with Gasteiger partial charge in [0, 0.05) is 25.6 Å². The highest BCUT2D eigenvalue weighted by Gasteiger charge is 2.28. The van der Waals surface area contributed by atoms with Crippen molar-refractivity contribution in [3.8, 4) is 0 Å². The molecule has 0 radical (unpaired) electrons. The molecule has 1 amide bonds. The number of nitrogens with two attached hydrogens (primary N) is 1. The maximum atomic E-state index is 11.3. The molecular weight excluding hydrogens is 212 g/mol. The van der Waals surface area contributed by atoms with E-state index >= 15 is 0 Å². The van der Waals surface area contributed by atoms with E-state index in [1.165, 1.54) is 0 Å². The van der Waals surface area contributed by atoms with E-state index in [0.29, 0.717) is 24.9 Å². The van der Waals surface area contributed by atoms with Gasteiger partial charge in [0.1, 0.15) is 0 Å². The largest absolute Gasteiger partial charge is 0.338 e. The molecule has 17 heavy (non-hydrogen) atoms. The van der Waals surface area contributed by atoms with Gasteiger partial charge in [-0.2, -0.15) is 0 Å². The van der Waals surface area contributed by atoms with E-state index in [9.17, 15) is 4.79 Å². The Morgan fingerprint density at radius 2 is 1.82 bits per heavy atom. The monoisotopic (exact) mass is 246 g/mol. The van der Waals surface area contributed by atoms with E-state index in [-0.39, 0.29) is 7.43 Å². The average molecular weight is 246 g/mol. The third-order valence-corrected chi connectivity index (χ3v) is 2.48. The van der Waals surface area contributed by atoms with Gasteiger partial charge in [0.15, 0.2) is 0 Å². The molecule has 3 heteroatoms. The highest BCUT2D eigenvalue weighted by atomic mass is 16.2. The molecule has 0 saturated carbocycles. The van der Waals surface area contributed by atoms with Crippen LogP contribution in [0.5, 0.6) is 0 Å². The number of rotatable bonds is 4. The Hall–Kier alpha value is -0.570. The summed E-state index contributed by atoms with van der Waals surface area (Å²) < 4.78 is 0. The molecule has 1 rings (SSSR count). The summed E-state index contributed by atoms with van der Waals surface area (Å²) in [6, 6.07) is 0.323. The normalized spacial score (nSPS) is 17.4. The van der Waals surface area contributed by atoms with Crippen molar-refractivity contribution in [2.75, 3.05) is 13.1 Å². The SMILES string of the molecule is C.CC.CC.CCCCN1C(=O)CC[C@@H]1CN. The van der Waals surface area contributed by atoms with Crippen LogP contribution in [0.3, 0.4) is 0 Å². The molecule has 3 nitrogen and oxygen atoms in total. The quantitative estimate of drug-likeness (QED) is 0.826. The van der Waals surface area contributed by atoms with Crippen molar-refractivity contribution in [3.63, 3.8) is 0 Å². The van der Waals surface area contributed by atoms with Gasteiger partial charge in [-0.05, 0) is 12.8 Å². The molecule has 106 valence electrons. The van der Waals surface area contributed by atoms with E-state index in [4.69, 9.17) is 5.73 Å². The molecule has 1 aliphatic rings. The lowest BCUT2D eigenvalue weighted by molar-refractivity contribution is -0.128. The van der Waals surface area contributed by atoms with Crippen LogP contribution in [0.1, 0.15) is 67.7 Å². The molecule has 0 spiro atoms. The summed E-state index contributed by atoms with van der Waals surface area (Å²) in [6.07, 6.45) is 3.90. The topological polar surface area (TPSA) is 46.3 Å². The Kier molecular flexibility index (Phi) is 19.7. The number of amides is 1. The summed E-state index contributed by atoms with van der Waals surface area (Å²) in [7, 11) is 0. The Morgan fingerprint density at radius 1 is 1.29 bits per heavy atom. The second-order valence-electron chi connectivity index (χ2n) is 3.37. The molecule has 1 atom stereocenters. The number of unbranched alkanes of at least 4 members (excludes halogenated alkanes) is 1. The standard InChI is InChI=1S/C9H18N2O.2C2H6.CH4/c1-2-3-6-11-8(7-10)4-5-9(11)12;2*1-2;/h8H,2-7,10H2,1H3;2*1-2H3;1H4/t8-;;;/m1.../s1. The second kappa shape index (κ2) is 15.4. The first-order valence-corrected chi connectivity index (χ1v) is 6.79. The summed E-state index contributed by atoms with van der Waals surface area (Å²) in [6.45, 7) is 11.7. The first kappa shape index (κ1) is 21.7. The molecule has 0 aromatic heterocycles. The average Bonchev–Trinajstić information content (AvgIpc) is 2.72. The number of nitrogens with zero attached hydrogens (tertiary/aromatic N) is 1. The van der Waals surface area contributed by atoms with Gasteiger partial charge in [0.05, 0.1) is 0 Å². The van der Waals surface area contributed by atoms with Crippen LogP contribution in [0.25, 0.3) is 0 Å². The lowest BCUT2D eigenvalue weighted by Crippen LogP contribution is -2.38. The summed E-state index contributed by atoms with van der Waals surface area (Å²) in [5.41, 5.74) is 5.56. The Morgan fingerprint density at radius 3 is 2.24 bits per heavy atom. The minimum Gasteiger partial charge on any atom is -0.338 e. The predicted molar refractivity (Wildman–Crippen MR) is 78.1 cm³/mol. The van der Waals surface area contributed by atoms with Crippen LogP contribution in [-0.2, 0) is 4.79 Å². The van der Waals surface area contributed by atoms with Gasteiger partial charge in [0.2, 0.25) is 5.91 Å². The zero-order chi connectivity index (χ0) is 13.0. The van der Waals surface area contributed by atoms with Crippen LogP contribution in [0, 0.1) is 0 Å². The molecule has 1 aliphatic heterocycles. The molecule has 1 heterocycles. The van der Waals surface area contributed by atoms with Crippen molar-refractivity contribution < 1.29 is 4.79 Å². The minimum absolute atomic E-state index is 0. The highest BCUT2D eigenvalue weighted by molar-refractivity contribution is 5.78. The Balaban J connectivity index is -0.000000355. The van der Waals surface area contributed by atoms with Crippen molar-refractivity contribution in [1.82, 2.24) is 4.90 Å². The lowest BCUT2D eigenvalue weighted by atomic mass is 10.2. The number of likely N-dealkylation sites (tertiary alicyclic amines) is 1. The van der Waals surface area contributed by atoms with Gasteiger partial charge in [-0.25, -0.2) is 0 Å². The van der Waals surface area contributed by atoms with Gasteiger partial charge in [-0.15, -0.1) is 0 Å². The second-order valence-corrected chi connectivity index (χ2v) is 3.37. The van der Waals surface area contributed by atoms with Gasteiger partial charge >= 0.3 is 0 Å². The van der Waals surface area contributed by atoms with Crippen molar-refractivity contribution in [2.24, 2.45) is 5.73 Å². The molecule has 0 bridgehead atoms. The summed E-state index contributed by atoms with van der Waals surface area (Å²) >= 11 is 0. The Bertz CT molecular complexity index is 160. The molecule has 0 unspecified atom stereocenters. The van der Waals surface area contributed by atoms with Crippen LogP contribution in [0.2, 0.25) is 0 Å². The number of hydrogen-bond acceptors (Lipinski definition) is 2. The van der Waals surface area contributed by atoms with E-state index in [1.54, 1.807) is 0 Å². The van der Waals surface area contributed by atoms with Crippen LogP contribution in [-0.4, -0.2) is 29.9 Å². The molecule has 0 aromatic carbocycles. The smallest absolute Gasteiger partial charge is 0.222 e. The van der Waals surface area contributed by atoms with Crippen molar-refractivity contribution in [1.29, 1.82) is 0 Å². The number of hydrogen-bond donors (Lipinski definition) is 1. The number of carbonyl (C=O) groups is 1. The minimum atomic E-state index is 0. The fourth-order valence-corrected chi connectivity index (χ4v) is 1.67. The fourth-order valence-electron chi connectivity index (χ4n) is 1.67. The highest BCUT2D eigenvalue weighted by Crippen LogP contribution is 2.17. The van der Waals surface area contributed by atoms with Gasteiger partial charge in [-0.1, -0.05) is 48.5 Å². The molecule has 0 aromatic rings. The van der Waals surface area contributed by atoms with E-state index in [1.807, 2.05) is 32.6 Å². The summed E-state index contributed by atoms with van der Waals surface area (Å²) in [5, 5.41) is 0. The molecular formula is C14H34N2O. The van der Waals surface area contributed by atoms with Gasteiger partial charge < -0.3 is 10.6 Å². The van der Waals surface area contributed by atoms with E-state index in [0.717, 1.165) is 25.8 Å². The van der Waals surface area contributed by atoms with Crippen LogP contribution < -0.4 is 5.73 Å². The molecule has 1 saturated heterocycles. The van der Waals surface area contributed by atoms with E-state index in [2.05, 4.69) is 6.92 Å². The van der Waals surface area contributed by atoms with Crippen molar-refractivity contribution >= 4 is 5.91 Å². The maximum Gasteiger partial charge on any atom is 0.222 e. The first-order chi connectivity index (χ1) is 7.79. The van der Waals surface area contributed by atoms with Crippen molar-refractivity contribution in [3.05, 3.63) is 0 Å². The third kappa shape index (κ3) is 8.19. The zero-order valence-electron chi connectivity index (χ0n) is 11.8. The summed E-state index contributed by atoms with van der Waals surface area (Å²) in [5.74, 6) is 0.291. The van der Waals surface area contributed by atoms with Crippen LogP contribution >= 0.6 is 0 Å². The Labute approximate surface area is 109 Å². The first-order valence-electron chi connectivity index (χ1n) is 6.79. The molecule has 2 N–H and O–H groups in total. The molecule has 1 fully saturated rings. The summed E-state index contributed by atoms with van der Waals surface area (Å²) in [4.78, 5) is 13.3.